The van der Waals surface area contributed by atoms with Crippen LogP contribution in [0.25, 0.3) is 0 Å². The Labute approximate surface area is 125 Å². The number of carbonyl (C=O) groups excluding carboxylic acids is 1. The minimum absolute atomic E-state index is 0.0529. The Morgan fingerprint density at radius 2 is 2.40 bits per heavy atom. The van der Waals surface area contributed by atoms with Gasteiger partial charge in [-0.3, -0.25) is 0 Å². The molecule has 1 aromatic rings. The molecule has 0 aliphatic carbocycles. The van der Waals surface area contributed by atoms with Crippen LogP contribution in [0.1, 0.15) is 26.2 Å². The third kappa shape index (κ3) is 4.39. The number of carbonyl (C=O) groups is 1. The first-order chi connectivity index (χ1) is 9.69. The maximum atomic E-state index is 12.3. The van der Waals surface area contributed by atoms with Crippen LogP contribution >= 0.6 is 11.6 Å². The molecule has 0 radical (unpaired) electrons. The number of anilines is 1. The molecule has 20 heavy (non-hydrogen) atoms. The first kappa shape index (κ1) is 15.1. The predicted molar refractivity (Wildman–Crippen MR) is 83.4 cm³/mol. The van der Waals surface area contributed by atoms with E-state index in [1.54, 1.807) is 12.1 Å². The number of amides is 2. The lowest BCUT2D eigenvalue weighted by atomic mass is 10.2. The number of urea groups is 1. The molecule has 1 aromatic carbocycles. The van der Waals surface area contributed by atoms with Crippen LogP contribution in [0.4, 0.5) is 10.5 Å². The fraction of sp³-hybridized carbons (Fsp3) is 0.533. The van der Waals surface area contributed by atoms with Gasteiger partial charge in [-0.25, -0.2) is 4.79 Å². The van der Waals surface area contributed by atoms with Gasteiger partial charge in [0.2, 0.25) is 0 Å². The molecule has 4 nitrogen and oxygen atoms in total. The quantitative estimate of drug-likeness (QED) is 0.875. The van der Waals surface area contributed by atoms with Crippen LogP contribution in [0.15, 0.2) is 24.3 Å². The Kier molecular flexibility index (Phi) is 5.68. The Morgan fingerprint density at radius 1 is 1.55 bits per heavy atom. The molecule has 1 aliphatic rings. The van der Waals surface area contributed by atoms with E-state index in [4.69, 9.17) is 11.6 Å². The van der Waals surface area contributed by atoms with Gasteiger partial charge in [0.1, 0.15) is 0 Å². The predicted octanol–water partition coefficient (Wildman–Crippen LogP) is 3.34. The minimum atomic E-state index is -0.0529. The highest BCUT2D eigenvalue weighted by molar-refractivity contribution is 6.30. The van der Waals surface area contributed by atoms with E-state index in [-0.39, 0.29) is 6.03 Å². The normalized spacial score (nSPS) is 18.0. The maximum absolute atomic E-state index is 12.3. The van der Waals surface area contributed by atoms with Gasteiger partial charge in [0.15, 0.2) is 0 Å². The summed E-state index contributed by atoms with van der Waals surface area (Å²) in [6.07, 6.45) is 3.29. The molecular weight excluding hydrogens is 274 g/mol. The second kappa shape index (κ2) is 7.50. The molecule has 0 bridgehead atoms. The molecular formula is C15H22ClN3O. The number of nitrogens with one attached hydrogen (secondary N) is 2. The van der Waals surface area contributed by atoms with Crippen LogP contribution in [-0.4, -0.2) is 36.6 Å². The van der Waals surface area contributed by atoms with Crippen molar-refractivity contribution in [3.05, 3.63) is 29.3 Å². The van der Waals surface area contributed by atoms with Crippen molar-refractivity contribution in [2.75, 3.05) is 25.0 Å². The van der Waals surface area contributed by atoms with Gasteiger partial charge in [-0.1, -0.05) is 24.6 Å². The summed E-state index contributed by atoms with van der Waals surface area (Å²) in [4.78, 5) is 14.2. The van der Waals surface area contributed by atoms with Crippen LogP contribution in [-0.2, 0) is 0 Å². The van der Waals surface area contributed by atoms with Gasteiger partial charge in [0.05, 0.1) is 0 Å². The van der Waals surface area contributed by atoms with E-state index in [1.807, 2.05) is 17.0 Å². The molecule has 2 N–H and O–H groups in total. The van der Waals surface area contributed by atoms with Crippen molar-refractivity contribution in [2.45, 2.75) is 32.2 Å². The summed E-state index contributed by atoms with van der Waals surface area (Å²) < 4.78 is 0. The lowest BCUT2D eigenvalue weighted by Gasteiger charge is -2.25. The zero-order chi connectivity index (χ0) is 14.4. The smallest absolute Gasteiger partial charge is 0.321 e. The van der Waals surface area contributed by atoms with Crippen LogP contribution in [0.2, 0.25) is 5.02 Å². The van der Waals surface area contributed by atoms with Crippen molar-refractivity contribution < 1.29 is 4.79 Å². The summed E-state index contributed by atoms with van der Waals surface area (Å²) in [7, 11) is 0. The van der Waals surface area contributed by atoms with Gasteiger partial charge in [0.25, 0.3) is 0 Å². The van der Waals surface area contributed by atoms with Crippen molar-refractivity contribution in [3.63, 3.8) is 0 Å². The molecule has 0 aromatic heterocycles. The third-order valence-electron chi connectivity index (χ3n) is 3.46. The second-order valence-electron chi connectivity index (χ2n) is 5.18. The first-order valence-electron chi connectivity index (χ1n) is 7.24. The molecule has 110 valence electrons. The summed E-state index contributed by atoms with van der Waals surface area (Å²) in [5.74, 6) is 0. The van der Waals surface area contributed by atoms with E-state index in [0.717, 1.165) is 38.2 Å². The largest absolute Gasteiger partial charge is 0.323 e. The zero-order valence-electron chi connectivity index (χ0n) is 11.9. The maximum Gasteiger partial charge on any atom is 0.321 e. The second-order valence-corrected chi connectivity index (χ2v) is 5.62. The van der Waals surface area contributed by atoms with Crippen LogP contribution in [0.5, 0.6) is 0 Å². The highest BCUT2D eigenvalue weighted by Gasteiger charge is 2.20. The van der Waals surface area contributed by atoms with Crippen molar-refractivity contribution in [3.8, 4) is 0 Å². The molecule has 0 spiro atoms. The molecule has 1 fully saturated rings. The van der Waals surface area contributed by atoms with Crippen LogP contribution in [0.3, 0.4) is 0 Å². The first-order valence-corrected chi connectivity index (χ1v) is 7.61. The number of hydrogen-bond donors (Lipinski definition) is 2. The molecule has 2 amide bonds. The molecule has 1 unspecified atom stereocenters. The summed E-state index contributed by atoms with van der Waals surface area (Å²) in [5, 5.41) is 6.97. The van der Waals surface area contributed by atoms with Crippen LogP contribution in [0, 0.1) is 0 Å². The third-order valence-corrected chi connectivity index (χ3v) is 3.69. The average molecular weight is 296 g/mol. The van der Waals surface area contributed by atoms with Gasteiger partial charge in [-0.15, -0.1) is 0 Å². The Bertz CT molecular complexity index is 446. The lowest BCUT2D eigenvalue weighted by Crippen LogP contribution is -2.43. The fourth-order valence-corrected chi connectivity index (χ4v) is 2.68. The average Bonchev–Trinajstić information content (AvgIpc) is 2.91. The highest BCUT2D eigenvalue weighted by Crippen LogP contribution is 2.16. The summed E-state index contributed by atoms with van der Waals surface area (Å²) >= 11 is 5.93. The Morgan fingerprint density at radius 3 is 3.05 bits per heavy atom. The van der Waals surface area contributed by atoms with E-state index in [2.05, 4.69) is 17.6 Å². The Balaban J connectivity index is 1.95. The molecule has 1 aliphatic heterocycles. The number of nitrogens with zero attached hydrogens (tertiary/aromatic N) is 1. The van der Waals surface area contributed by atoms with E-state index in [1.165, 1.54) is 6.42 Å². The highest BCUT2D eigenvalue weighted by atomic mass is 35.5. The van der Waals surface area contributed by atoms with Gasteiger partial charge in [0, 0.05) is 29.8 Å². The van der Waals surface area contributed by atoms with Crippen molar-refractivity contribution in [2.24, 2.45) is 0 Å². The van der Waals surface area contributed by atoms with Gasteiger partial charge >= 0.3 is 6.03 Å². The van der Waals surface area contributed by atoms with Gasteiger partial charge in [-0.2, -0.15) is 0 Å². The van der Waals surface area contributed by atoms with Crippen LogP contribution < -0.4 is 10.6 Å². The molecule has 0 saturated carbocycles. The lowest BCUT2D eigenvalue weighted by molar-refractivity contribution is 0.206. The van der Waals surface area contributed by atoms with E-state index in [9.17, 15) is 4.79 Å². The number of hydrogen-bond acceptors (Lipinski definition) is 2. The minimum Gasteiger partial charge on any atom is -0.323 e. The fourth-order valence-electron chi connectivity index (χ4n) is 2.49. The Hall–Kier alpha value is -1.26. The van der Waals surface area contributed by atoms with Crippen molar-refractivity contribution in [1.82, 2.24) is 10.2 Å². The zero-order valence-corrected chi connectivity index (χ0v) is 12.6. The van der Waals surface area contributed by atoms with Crippen molar-refractivity contribution >= 4 is 23.3 Å². The topological polar surface area (TPSA) is 44.4 Å². The number of halogens is 1. The monoisotopic (exact) mass is 295 g/mol. The number of benzene rings is 1. The number of rotatable bonds is 5. The van der Waals surface area contributed by atoms with E-state index in [0.29, 0.717) is 11.1 Å². The van der Waals surface area contributed by atoms with E-state index < -0.39 is 0 Å². The van der Waals surface area contributed by atoms with Gasteiger partial charge < -0.3 is 15.5 Å². The van der Waals surface area contributed by atoms with E-state index >= 15 is 0 Å². The van der Waals surface area contributed by atoms with Crippen molar-refractivity contribution in [1.29, 1.82) is 0 Å². The molecule has 2 rings (SSSR count). The molecule has 1 atom stereocenters. The summed E-state index contributed by atoms with van der Waals surface area (Å²) in [5.41, 5.74) is 0.739. The molecule has 5 heteroatoms. The SMILES string of the molecule is CCCN(CC1CCCN1)C(=O)Nc1cccc(Cl)c1. The molecule has 1 heterocycles. The molecule has 1 saturated heterocycles. The standard InChI is InChI=1S/C15H22ClN3O/c1-2-9-19(11-14-7-4-8-17-14)15(20)18-13-6-3-5-12(16)10-13/h3,5-6,10,14,17H,2,4,7-9,11H2,1H3,(H,18,20). The summed E-state index contributed by atoms with van der Waals surface area (Å²) in [6, 6.07) is 7.61. The van der Waals surface area contributed by atoms with Gasteiger partial charge in [-0.05, 0) is 44.0 Å². The summed E-state index contributed by atoms with van der Waals surface area (Å²) in [6.45, 7) is 4.67.